The van der Waals surface area contributed by atoms with E-state index in [9.17, 15) is 27.6 Å². The number of hydrogen-bond acceptors (Lipinski definition) is 3. The first kappa shape index (κ1) is 17.2. The van der Waals surface area contributed by atoms with Gasteiger partial charge in [-0.1, -0.05) is 0 Å². The molecule has 1 atom stereocenters. The Hall–Kier alpha value is -1.84. The van der Waals surface area contributed by atoms with E-state index in [1.165, 1.54) is 17.6 Å². The molecule has 1 aromatic rings. The monoisotopic (exact) mass is 370 g/mol. The average Bonchev–Trinajstić information content (AvgIpc) is 2.32. The Morgan fingerprint density at radius 1 is 1.38 bits per heavy atom. The van der Waals surface area contributed by atoms with Crippen molar-refractivity contribution in [1.29, 1.82) is 0 Å². The normalized spacial score (nSPS) is 14.3. The third-order valence-corrected chi connectivity index (χ3v) is 3.11. The van der Waals surface area contributed by atoms with Crippen LogP contribution in [-0.2, 0) is 16.1 Å². The van der Waals surface area contributed by atoms with Gasteiger partial charge in [0, 0.05) is 16.7 Å². The van der Waals surface area contributed by atoms with Crippen LogP contribution in [0.15, 0.2) is 27.6 Å². The van der Waals surface area contributed by atoms with Crippen molar-refractivity contribution < 1.29 is 27.9 Å². The number of aliphatic carboxylic acids is 1. The van der Waals surface area contributed by atoms with Crippen molar-refractivity contribution in [1.82, 2.24) is 9.88 Å². The minimum absolute atomic E-state index is 0.330. The zero-order valence-corrected chi connectivity index (χ0v) is 12.2. The summed E-state index contributed by atoms with van der Waals surface area (Å²) in [5, 5.41) is 10.1. The molecule has 1 rings (SSSR count). The van der Waals surface area contributed by atoms with E-state index >= 15 is 0 Å². The summed E-state index contributed by atoms with van der Waals surface area (Å²) in [4.78, 5) is 33.8. The van der Waals surface area contributed by atoms with Crippen molar-refractivity contribution in [3.8, 4) is 0 Å². The summed E-state index contributed by atoms with van der Waals surface area (Å²) in [6.07, 6.45) is -3.98. The molecule has 0 aliphatic rings. The molecular formula is C11H10BrF3N2O4. The first-order chi connectivity index (χ1) is 9.47. The van der Waals surface area contributed by atoms with E-state index in [-0.39, 0.29) is 0 Å². The molecule has 10 heteroatoms. The topological polar surface area (TPSA) is 88.4 Å². The quantitative estimate of drug-likeness (QED) is 0.831. The molecule has 2 N–H and O–H groups in total. The number of nitrogens with zero attached hydrogens (tertiary/aromatic N) is 1. The predicted molar refractivity (Wildman–Crippen MR) is 68.6 cm³/mol. The van der Waals surface area contributed by atoms with Crippen LogP contribution in [0.2, 0.25) is 0 Å². The van der Waals surface area contributed by atoms with Crippen LogP contribution in [0.3, 0.4) is 0 Å². The van der Waals surface area contributed by atoms with Gasteiger partial charge in [0.05, 0.1) is 0 Å². The SMILES string of the molecule is CC(NC(=O)Cn1cc(Br)ccc1=O)(C(=O)O)C(F)(F)F. The van der Waals surface area contributed by atoms with Gasteiger partial charge < -0.3 is 15.0 Å². The highest BCUT2D eigenvalue weighted by molar-refractivity contribution is 9.10. The Balaban J connectivity index is 2.97. The van der Waals surface area contributed by atoms with Gasteiger partial charge in [0.1, 0.15) is 6.54 Å². The van der Waals surface area contributed by atoms with E-state index in [4.69, 9.17) is 5.11 Å². The highest BCUT2D eigenvalue weighted by Gasteiger charge is 2.58. The average molecular weight is 371 g/mol. The Bertz CT molecular complexity index is 629. The first-order valence-corrected chi connectivity index (χ1v) is 6.24. The van der Waals surface area contributed by atoms with Gasteiger partial charge in [0.25, 0.3) is 5.56 Å². The van der Waals surface area contributed by atoms with Gasteiger partial charge in [-0.15, -0.1) is 0 Å². The lowest BCUT2D eigenvalue weighted by Crippen LogP contribution is -2.62. The molecule has 21 heavy (non-hydrogen) atoms. The fourth-order valence-electron chi connectivity index (χ4n) is 1.34. The predicted octanol–water partition coefficient (Wildman–Crippen LogP) is 1.13. The van der Waals surface area contributed by atoms with Gasteiger partial charge in [-0.05, 0) is 28.9 Å². The van der Waals surface area contributed by atoms with Crippen molar-refractivity contribution >= 4 is 27.8 Å². The molecule has 0 spiro atoms. The number of carbonyl (C=O) groups is 2. The number of aromatic nitrogens is 1. The largest absolute Gasteiger partial charge is 0.479 e. The third kappa shape index (κ3) is 3.84. The van der Waals surface area contributed by atoms with Crippen molar-refractivity contribution in [3.63, 3.8) is 0 Å². The Labute approximate surface area is 124 Å². The number of alkyl halides is 3. The minimum atomic E-state index is -5.18. The summed E-state index contributed by atoms with van der Waals surface area (Å²) in [5.41, 5.74) is -4.04. The lowest BCUT2D eigenvalue weighted by Gasteiger charge is -2.28. The molecule has 0 saturated heterocycles. The lowest BCUT2D eigenvalue weighted by molar-refractivity contribution is -0.207. The second-order valence-corrected chi connectivity index (χ2v) is 5.21. The van der Waals surface area contributed by atoms with Crippen LogP contribution >= 0.6 is 15.9 Å². The van der Waals surface area contributed by atoms with Crippen LogP contribution in [0.25, 0.3) is 0 Å². The van der Waals surface area contributed by atoms with Crippen molar-refractivity contribution in [2.45, 2.75) is 25.2 Å². The van der Waals surface area contributed by atoms with E-state index in [2.05, 4.69) is 15.9 Å². The fourth-order valence-corrected chi connectivity index (χ4v) is 1.72. The number of hydrogen-bond donors (Lipinski definition) is 2. The number of pyridine rings is 1. The number of carbonyl (C=O) groups excluding carboxylic acids is 1. The molecule has 0 radical (unpaired) electrons. The van der Waals surface area contributed by atoms with Crippen LogP contribution < -0.4 is 10.9 Å². The van der Waals surface area contributed by atoms with Crippen LogP contribution in [0.5, 0.6) is 0 Å². The maximum absolute atomic E-state index is 12.7. The molecule has 1 heterocycles. The Morgan fingerprint density at radius 3 is 2.43 bits per heavy atom. The molecule has 0 aromatic carbocycles. The molecule has 0 bridgehead atoms. The molecule has 1 unspecified atom stereocenters. The van der Waals surface area contributed by atoms with Gasteiger partial charge >= 0.3 is 12.1 Å². The van der Waals surface area contributed by atoms with Crippen LogP contribution in [0.1, 0.15) is 6.92 Å². The standard InChI is InChI=1S/C11H10BrF3N2O4/c1-10(9(20)21,11(13,14)15)16-7(18)5-17-4-6(12)2-3-8(17)19/h2-4H,5H2,1H3,(H,16,18)(H,20,21). The van der Waals surface area contributed by atoms with Gasteiger partial charge in [0.15, 0.2) is 0 Å². The van der Waals surface area contributed by atoms with E-state index in [0.29, 0.717) is 11.4 Å². The molecule has 6 nitrogen and oxygen atoms in total. The molecular weight excluding hydrogens is 361 g/mol. The molecule has 0 aliphatic carbocycles. The number of carboxylic acid groups (broad SMARTS) is 1. The Morgan fingerprint density at radius 2 is 1.95 bits per heavy atom. The second-order valence-electron chi connectivity index (χ2n) is 4.29. The summed E-state index contributed by atoms with van der Waals surface area (Å²) in [5.74, 6) is -3.50. The molecule has 1 amide bonds. The molecule has 1 aromatic heterocycles. The van der Waals surface area contributed by atoms with Gasteiger partial charge in [-0.25, -0.2) is 4.79 Å². The van der Waals surface area contributed by atoms with Gasteiger partial charge in [-0.3, -0.25) is 9.59 Å². The van der Waals surface area contributed by atoms with Crippen molar-refractivity contribution in [2.24, 2.45) is 0 Å². The van der Waals surface area contributed by atoms with Crippen LogP contribution in [-0.4, -0.2) is 33.3 Å². The molecule has 116 valence electrons. The maximum Gasteiger partial charge on any atom is 0.422 e. The smallest absolute Gasteiger partial charge is 0.422 e. The summed E-state index contributed by atoms with van der Waals surface area (Å²) in [6.45, 7) is -0.409. The zero-order valence-electron chi connectivity index (χ0n) is 10.6. The van der Waals surface area contributed by atoms with E-state index in [0.717, 1.165) is 10.6 Å². The van der Waals surface area contributed by atoms with Gasteiger partial charge in [0.2, 0.25) is 11.4 Å². The highest BCUT2D eigenvalue weighted by Crippen LogP contribution is 2.30. The highest BCUT2D eigenvalue weighted by atomic mass is 79.9. The zero-order chi connectivity index (χ0) is 16.4. The maximum atomic E-state index is 12.7. The van der Waals surface area contributed by atoms with Crippen molar-refractivity contribution in [3.05, 3.63) is 33.2 Å². The summed E-state index contributed by atoms with van der Waals surface area (Å²) < 4.78 is 39.5. The Kier molecular flexibility index (Phi) is 4.82. The number of carboxylic acids is 1. The molecule has 0 saturated carbocycles. The molecule has 0 fully saturated rings. The van der Waals surface area contributed by atoms with Crippen LogP contribution in [0, 0.1) is 0 Å². The third-order valence-electron chi connectivity index (χ3n) is 2.65. The van der Waals surface area contributed by atoms with E-state index < -0.39 is 35.7 Å². The second kappa shape index (κ2) is 5.88. The van der Waals surface area contributed by atoms with Crippen LogP contribution in [0.4, 0.5) is 13.2 Å². The summed E-state index contributed by atoms with van der Waals surface area (Å²) in [7, 11) is 0. The van der Waals surface area contributed by atoms with E-state index in [1.54, 1.807) is 0 Å². The number of amides is 1. The number of rotatable bonds is 4. The first-order valence-electron chi connectivity index (χ1n) is 5.44. The summed E-state index contributed by atoms with van der Waals surface area (Å²) >= 11 is 3.04. The van der Waals surface area contributed by atoms with E-state index in [1.807, 2.05) is 0 Å². The fraction of sp³-hybridized carbons (Fsp3) is 0.364. The van der Waals surface area contributed by atoms with Gasteiger partial charge in [-0.2, -0.15) is 13.2 Å². The lowest BCUT2D eigenvalue weighted by atomic mass is 10.0. The summed E-state index contributed by atoms with van der Waals surface area (Å²) in [6, 6.07) is 2.51. The van der Waals surface area contributed by atoms with Crippen molar-refractivity contribution in [2.75, 3.05) is 0 Å². The minimum Gasteiger partial charge on any atom is -0.479 e. The number of halogens is 4. The number of nitrogens with one attached hydrogen (secondary N) is 1. The molecule has 0 aliphatic heterocycles.